The van der Waals surface area contributed by atoms with Gasteiger partial charge in [-0.25, -0.2) is 4.68 Å². The van der Waals surface area contributed by atoms with E-state index in [4.69, 9.17) is 0 Å². The summed E-state index contributed by atoms with van der Waals surface area (Å²) in [6.07, 6.45) is 5.48. The summed E-state index contributed by atoms with van der Waals surface area (Å²) in [6.45, 7) is 5.00. The third kappa shape index (κ3) is 3.34. The van der Waals surface area contributed by atoms with Gasteiger partial charge in [0.25, 0.3) is 5.56 Å². The zero-order valence-electron chi connectivity index (χ0n) is 19.1. The highest BCUT2D eigenvalue weighted by molar-refractivity contribution is 5.81. The predicted molar refractivity (Wildman–Crippen MR) is 129 cm³/mol. The summed E-state index contributed by atoms with van der Waals surface area (Å²) in [5.41, 5.74) is 6.30. The van der Waals surface area contributed by atoms with E-state index in [2.05, 4.69) is 75.7 Å². The maximum absolute atomic E-state index is 13.5. The van der Waals surface area contributed by atoms with Gasteiger partial charge in [0.05, 0.1) is 6.04 Å². The van der Waals surface area contributed by atoms with Crippen LogP contribution in [0.3, 0.4) is 0 Å². The standard InChI is InChI=1S/C26H28N6O/c1-16-13-19-15-21(26(33)27-22(19)14-17(16)2)24(31-12-11-18-7-3-6-10-23(18)31)25-28-29-30-32(25)20-8-4-5-9-20/h3,6-7,10,13-15,20,24H,4-5,8-9,11-12H2,1-2H3,(H,27,33). The molecular weight excluding hydrogens is 412 g/mol. The summed E-state index contributed by atoms with van der Waals surface area (Å²) in [5, 5.41) is 14.0. The number of nitrogens with one attached hydrogen (secondary N) is 1. The molecule has 33 heavy (non-hydrogen) atoms. The molecule has 0 saturated heterocycles. The number of H-pyrrole nitrogens is 1. The van der Waals surface area contributed by atoms with E-state index in [1.165, 1.54) is 29.5 Å². The van der Waals surface area contributed by atoms with E-state index in [0.717, 1.165) is 48.2 Å². The van der Waals surface area contributed by atoms with Gasteiger partial charge in [0.1, 0.15) is 6.04 Å². The number of aromatic amines is 1. The highest BCUT2D eigenvalue weighted by atomic mass is 16.1. The SMILES string of the molecule is Cc1cc2cc(C(c3nnnn3C3CCCC3)N3CCc4ccccc43)c(=O)[nH]c2cc1C. The van der Waals surface area contributed by atoms with Crippen LogP contribution >= 0.6 is 0 Å². The second kappa shape index (κ2) is 7.83. The van der Waals surface area contributed by atoms with E-state index >= 15 is 0 Å². The van der Waals surface area contributed by atoms with Crippen molar-refractivity contribution in [3.63, 3.8) is 0 Å². The van der Waals surface area contributed by atoms with Crippen molar-refractivity contribution in [1.29, 1.82) is 0 Å². The Morgan fingerprint density at radius 3 is 2.70 bits per heavy atom. The van der Waals surface area contributed by atoms with E-state index in [9.17, 15) is 4.79 Å². The van der Waals surface area contributed by atoms with Gasteiger partial charge in [-0.05, 0) is 89.9 Å². The lowest BCUT2D eigenvalue weighted by molar-refractivity contribution is 0.428. The number of hydrogen-bond donors (Lipinski definition) is 1. The fourth-order valence-corrected chi connectivity index (χ4v) is 5.56. The second-order valence-corrected chi connectivity index (χ2v) is 9.47. The van der Waals surface area contributed by atoms with Crippen molar-refractivity contribution in [2.45, 2.75) is 58.0 Å². The summed E-state index contributed by atoms with van der Waals surface area (Å²) >= 11 is 0. The van der Waals surface area contributed by atoms with Crippen molar-refractivity contribution in [3.8, 4) is 0 Å². The zero-order valence-corrected chi connectivity index (χ0v) is 19.1. The summed E-state index contributed by atoms with van der Waals surface area (Å²) < 4.78 is 1.99. The fourth-order valence-electron chi connectivity index (χ4n) is 5.56. The van der Waals surface area contributed by atoms with E-state index in [1.807, 2.05) is 10.7 Å². The molecule has 0 amide bonds. The lowest BCUT2D eigenvalue weighted by Gasteiger charge is -2.30. The third-order valence-corrected chi connectivity index (χ3v) is 7.45. The van der Waals surface area contributed by atoms with Crippen LogP contribution in [-0.4, -0.2) is 31.7 Å². The molecule has 0 bridgehead atoms. The first kappa shape index (κ1) is 20.1. The Labute approximate surface area is 192 Å². The van der Waals surface area contributed by atoms with Crippen LogP contribution in [0.15, 0.2) is 47.3 Å². The van der Waals surface area contributed by atoms with Crippen molar-refractivity contribution in [1.82, 2.24) is 25.2 Å². The number of aromatic nitrogens is 5. The number of tetrazole rings is 1. The molecule has 2 aromatic carbocycles. The van der Waals surface area contributed by atoms with Gasteiger partial charge in [0.15, 0.2) is 5.82 Å². The molecule has 2 aromatic heterocycles. The van der Waals surface area contributed by atoms with Gasteiger partial charge in [-0.2, -0.15) is 0 Å². The predicted octanol–water partition coefficient (Wildman–Crippen LogP) is 4.40. The van der Waals surface area contributed by atoms with Crippen molar-refractivity contribution >= 4 is 16.6 Å². The van der Waals surface area contributed by atoms with Crippen LogP contribution in [0.2, 0.25) is 0 Å². The molecule has 4 aromatic rings. The van der Waals surface area contributed by atoms with Gasteiger partial charge in [-0.3, -0.25) is 4.79 Å². The summed E-state index contributed by atoms with van der Waals surface area (Å²) in [7, 11) is 0. The molecule has 3 heterocycles. The number of hydrogen-bond acceptors (Lipinski definition) is 5. The molecule has 1 atom stereocenters. The Bertz CT molecular complexity index is 1400. The minimum atomic E-state index is -0.348. The van der Waals surface area contributed by atoms with E-state index in [1.54, 1.807) is 0 Å². The third-order valence-electron chi connectivity index (χ3n) is 7.45. The molecule has 6 rings (SSSR count). The van der Waals surface area contributed by atoms with Gasteiger partial charge in [-0.15, -0.1) is 5.10 Å². The topological polar surface area (TPSA) is 79.7 Å². The first-order chi connectivity index (χ1) is 16.1. The first-order valence-electron chi connectivity index (χ1n) is 11.9. The normalized spacial score (nSPS) is 17.1. The van der Waals surface area contributed by atoms with Crippen LogP contribution in [0.4, 0.5) is 5.69 Å². The summed E-state index contributed by atoms with van der Waals surface area (Å²) in [6, 6.07) is 14.6. The fraction of sp³-hybridized carbons (Fsp3) is 0.385. The molecule has 7 nitrogen and oxygen atoms in total. The number of nitrogens with zero attached hydrogens (tertiary/aromatic N) is 5. The van der Waals surface area contributed by atoms with Crippen LogP contribution in [0.5, 0.6) is 0 Å². The van der Waals surface area contributed by atoms with Gasteiger partial charge >= 0.3 is 0 Å². The largest absolute Gasteiger partial charge is 0.357 e. The smallest absolute Gasteiger partial charge is 0.254 e. The Morgan fingerprint density at radius 1 is 1.06 bits per heavy atom. The molecule has 1 fully saturated rings. The molecule has 168 valence electrons. The van der Waals surface area contributed by atoms with Crippen molar-refractivity contribution in [2.75, 3.05) is 11.4 Å². The maximum Gasteiger partial charge on any atom is 0.254 e. The van der Waals surface area contributed by atoms with Crippen LogP contribution in [0, 0.1) is 13.8 Å². The number of fused-ring (bicyclic) bond motifs is 2. The molecule has 7 heteroatoms. The number of rotatable bonds is 4. The number of benzene rings is 2. The van der Waals surface area contributed by atoms with Crippen LogP contribution in [-0.2, 0) is 6.42 Å². The molecule has 1 aliphatic carbocycles. The molecular formula is C26H28N6O. The van der Waals surface area contributed by atoms with Crippen molar-refractivity contribution in [2.24, 2.45) is 0 Å². The highest BCUT2D eigenvalue weighted by Crippen LogP contribution is 2.39. The first-order valence-corrected chi connectivity index (χ1v) is 11.9. The van der Waals surface area contributed by atoms with Gasteiger partial charge in [0.2, 0.25) is 0 Å². The van der Waals surface area contributed by atoms with Crippen LogP contribution in [0.1, 0.15) is 65.8 Å². The lowest BCUT2D eigenvalue weighted by Crippen LogP contribution is -2.34. The van der Waals surface area contributed by atoms with E-state index < -0.39 is 0 Å². The molecule has 1 N–H and O–H groups in total. The molecule has 0 radical (unpaired) electrons. The second-order valence-electron chi connectivity index (χ2n) is 9.47. The number of aryl methyl sites for hydroxylation is 2. The summed E-state index contributed by atoms with van der Waals surface area (Å²) in [4.78, 5) is 19.0. The average molecular weight is 441 g/mol. The van der Waals surface area contributed by atoms with E-state index in [-0.39, 0.29) is 11.6 Å². The quantitative estimate of drug-likeness (QED) is 0.509. The van der Waals surface area contributed by atoms with Gasteiger partial charge in [0, 0.05) is 23.3 Å². The van der Waals surface area contributed by atoms with E-state index in [0.29, 0.717) is 11.6 Å². The van der Waals surface area contributed by atoms with Crippen molar-refractivity contribution in [3.05, 3.63) is 80.9 Å². The molecule has 0 spiro atoms. The highest BCUT2D eigenvalue weighted by Gasteiger charge is 2.36. The minimum Gasteiger partial charge on any atom is -0.357 e. The Hall–Kier alpha value is -3.48. The lowest BCUT2D eigenvalue weighted by atomic mass is 10.0. The maximum atomic E-state index is 13.5. The minimum absolute atomic E-state index is 0.0823. The summed E-state index contributed by atoms with van der Waals surface area (Å²) in [5.74, 6) is 0.757. The Morgan fingerprint density at radius 2 is 1.85 bits per heavy atom. The molecule has 2 aliphatic rings. The van der Waals surface area contributed by atoms with Gasteiger partial charge < -0.3 is 9.88 Å². The number of anilines is 1. The van der Waals surface area contributed by atoms with Gasteiger partial charge in [-0.1, -0.05) is 31.0 Å². The average Bonchev–Trinajstić information content (AvgIpc) is 3.57. The van der Waals surface area contributed by atoms with Crippen molar-refractivity contribution < 1.29 is 0 Å². The molecule has 1 unspecified atom stereocenters. The molecule has 1 saturated carbocycles. The Balaban J connectivity index is 1.56. The monoisotopic (exact) mass is 440 g/mol. The van der Waals surface area contributed by atoms with Crippen LogP contribution < -0.4 is 10.5 Å². The number of para-hydroxylation sites is 1. The van der Waals surface area contributed by atoms with Crippen LogP contribution in [0.25, 0.3) is 10.9 Å². The molecule has 1 aliphatic heterocycles. The zero-order chi connectivity index (χ0) is 22.5. The Kier molecular flexibility index (Phi) is 4.78. The number of pyridine rings is 1.